The van der Waals surface area contributed by atoms with Gasteiger partial charge in [-0.25, -0.2) is 0 Å². The van der Waals surface area contributed by atoms with Crippen LogP contribution in [0.3, 0.4) is 0 Å². The first-order chi connectivity index (χ1) is 9.56. The molecule has 0 aromatic heterocycles. The van der Waals surface area contributed by atoms with Crippen molar-refractivity contribution in [1.82, 2.24) is 0 Å². The molecule has 1 nitrogen and oxygen atoms in total. The molecule has 0 radical (unpaired) electrons. The van der Waals surface area contributed by atoms with Gasteiger partial charge in [0.15, 0.2) is 0 Å². The van der Waals surface area contributed by atoms with Crippen molar-refractivity contribution < 1.29 is 4.79 Å². The summed E-state index contributed by atoms with van der Waals surface area (Å²) in [5.74, 6) is 0.167. The van der Waals surface area contributed by atoms with Crippen LogP contribution in [0.25, 0.3) is 0 Å². The van der Waals surface area contributed by atoms with E-state index in [-0.39, 0.29) is 5.78 Å². The summed E-state index contributed by atoms with van der Waals surface area (Å²) in [7, 11) is 0. The monoisotopic (exact) mass is 276 g/mol. The number of benzene rings is 1. The number of rotatable bonds is 1. The molecular weight excluding hydrogens is 244 g/mol. The maximum Gasteiger partial charge on any atom is 0.126 e. The second-order valence-corrected chi connectivity index (χ2v) is 4.60. The predicted octanol–water partition coefficient (Wildman–Crippen LogP) is 5.47. The predicted molar refractivity (Wildman–Crippen MR) is 91.5 cm³/mol. The number of hydrogen-bond acceptors (Lipinski definition) is 1. The quantitative estimate of drug-likeness (QED) is 0.622. The Morgan fingerprint density at radius 3 is 2.10 bits per heavy atom. The lowest BCUT2D eigenvalue weighted by Gasteiger charge is -2.08. The lowest BCUT2D eigenvalue weighted by molar-refractivity contribution is -0.114. The highest BCUT2D eigenvalue weighted by Gasteiger charge is 2.13. The van der Waals surface area contributed by atoms with Crippen LogP contribution in [0.15, 0.2) is 25.3 Å². The molecule has 0 N–H and O–H groups in total. The minimum absolute atomic E-state index is 0.167. The van der Waals surface area contributed by atoms with Gasteiger partial charge in [0.1, 0.15) is 5.78 Å². The largest absolute Gasteiger partial charge is 0.300 e. The van der Waals surface area contributed by atoms with Gasteiger partial charge in [-0.15, -0.1) is 13.2 Å². The van der Waals surface area contributed by atoms with Crippen LogP contribution in [-0.4, -0.2) is 5.78 Å². The van der Waals surface area contributed by atoms with E-state index in [4.69, 9.17) is 0 Å². The van der Waals surface area contributed by atoms with Crippen LogP contribution >= 0.6 is 0 Å². The van der Waals surface area contributed by atoms with E-state index in [2.05, 4.69) is 39.1 Å². The van der Waals surface area contributed by atoms with Gasteiger partial charge < -0.3 is 4.79 Å². The average Bonchev–Trinajstić information content (AvgIpc) is 2.92. The van der Waals surface area contributed by atoms with Gasteiger partial charge in [0, 0.05) is 0 Å². The molecule has 1 aromatic carbocycles. The van der Waals surface area contributed by atoms with Crippen LogP contribution in [0.2, 0.25) is 0 Å². The smallest absolute Gasteiger partial charge is 0.126 e. The topological polar surface area (TPSA) is 17.1 Å². The van der Waals surface area contributed by atoms with Gasteiger partial charge in [-0.3, -0.25) is 0 Å². The third kappa shape index (κ3) is 7.28. The van der Waals surface area contributed by atoms with Gasteiger partial charge in [-0.2, -0.15) is 0 Å². The van der Waals surface area contributed by atoms with Gasteiger partial charge in [0.25, 0.3) is 0 Å². The lowest BCUT2D eigenvalue weighted by atomic mass is 9.97. The highest BCUT2D eigenvalue weighted by Crippen LogP contribution is 2.27. The number of ketones is 1. The summed E-state index contributed by atoms with van der Waals surface area (Å²) in [6.07, 6.45) is 5.16. The van der Waals surface area contributed by atoms with Crippen LogP contribution in [0, 0.1) is 6.92 Å². The van der Waals surface area contributed by atoms with Gasteiger partial charge in [0.05, 0.1) is 0 Å². The molecule has 0 bridgehead atoms. The third-order valence-electron chi connectivity index (χ3n) is 3.06. The van der Waals surface area contributed by atoms with E-state index in [0.717, 1.165) is 0 Å². The molecule has 0 heterocycles. The zero-order valence-corrected chi connectivity index (χ0v) is 14.3. The van der Waals surface area contributed by atoms with Crippen molar-refractivity contribution in [2.24, 2.45) is 0 Å². The second kappa shape index (κ2) is 12.7. The van der Waals surface area contributed by atoms with E-state index in [1.54, 1.807) is 16.7 Å². The van der Waals surface area contributed by atoms with Crippen molar-refractivity contribution in [1.29, 1.82) is 0 Å². The molecular formula is C19H32O. The molecule has 0 saturated heterocycles. The summed E-state index contributed by atoms with van der Waals surface area (Å²) < 4.78 is 0. The van der Waals surface area contributed by atoms with Crippen LogP contribution in [0.1, 0.15) is 63.3 Å². The molecule has 1 aliphatic carbocycles. The van der Waals surface area contributed by atoms with E-state index >= 15 is 0 Å². The van der Waals surface area contributed by atoms with Gasteiger partial charge in [-0.05, 0) is 68.7 Å². The number of fused-ring (bicyclic) bond motifs is 1. The molecule has 114 valence electrons. The molecule has 0 fully saturated rings. The summed E-state index contributed by atoms with van der Waals surface area (Å²) in [6, 6.07) is 4.63. The summed E-state index contributed by atoms with van der Waals surface area (Å²) in [6.45, 7) is 17.6. The molecule has 0 atom stereocenters. The number of carbonyl (C=O) groups is 1. The summed E-state index contributed by atoms with van der Waals surface area (Å²) in [5.41, 5.74) is 6.35. The number of Topliss-reactive ketones (excluding diaryl/α,β-unsaturated/α-hetero) is 1. The first-order valence-corrected chi connectivity index (χ1v) is 7.63. The SMILES string of the molecule is C=C.CC.CC(C)=O.CCc1ccc2c(c1C)CCC2. The maximum absolute atomic E-state index is 9.44. The average molecular weight is 276 g/mol. The highest BCUT2D eigenvalue weighted by molar-refractivity contribution is 5.72. The van der Waals surface area contributed by atoms with E-state index in [9.17, 15) is 4.79 Å². The van der Waals surface area contributed by atoms with Gasteiger partial charge in [-0.1, -0.05) is 32.9 Å². The van der Waals surface area contributed by atoms with E-state index in [1.165, 1.54) is 45.1 Å². The van der Waals surface area contributed by atoms with Crippen LogP contribution in [0.4, 0.5) is 0 Å². The molecule has 0 aliphatic heterocycles. The Morgan fingerprint density at radius 2 is 1.65 bits per heavy atom. The van der Waals surface area contributed by atoms with Crippen molar-refractivity contribution in [2.75, 3.05) is 0 Å². The molecule has 0 unspecified atom stereocenters. The van der Waals surface area contributed by atoms with Crippen molar-refractivity contribution in [3.8, 4) is 0 Å². The van der Waals surface area contributed by atoms with Crippen molar-refractivity contribution >= 4 is 5.78 Å². The first kappa shape index (κ1) is 20.9. The Kier molecular flexibility index (Phi) is 13.2. The number of aryl methyl sites for hydroxylation is 2. The maximum atomic E-state index is 9.44. The Balaban J connectivity index is 0. The highest BCUT2D eigenvalue weighted by atomic mass is 16.1. The summed E-state index contributed by atoms with van der Waals surface area (Å²) >= 11 is 0. The van der Waals surface area contributed by atoms with Gasteiger partial charge >= 0.3 is 0 Å². The van der Waals surface area contributed by atoms with E-state index < -0.39 is 0 Å². The molecule has 2 rings (SSSR count). The minimum atomic E-state index is 0.167. The Labute approximate surface area is 126 Å². The van der Waals surface area contributed by atoms with Crippen molar-refractivity contribution in [3.05, 3.63) is 47.5 Å². The fraction of sp³-hybridized carbons (Fsp3) is 0.526. The molecule has 0 amide bonds. The Bertz CT molecular complexity index is 387. The zero-order valence-electron chi connectivity index (χ0n) is 14.3. The van der Waals surface area contributed by atoms with Crippen molar-refractivity contribution in [2.45, 2.75) is 67.2 Å². The molecule has 1 heteroatoms. The first-order valence-electron chi connectivity index (χ1n) is 7.63. The van der Waals surface area contributed by atoms with Crippen LogP contribution in [-0.2, 0) is 24.1 Å². The number of hydrogen-bond donors (Lipinski definition) is 0. The molecule has 1 aliphatic rings. The zero-order chi connectivity index (χ0) is 16.1. The Morgan fingerprint density at radius 1 is 1.15 bits per heavy atom. The standard InChI is InChI=1S/C12H16.C3H6O.C2H6.C2H4/c1-3-10-7-8-11-5-4-6-12(11)9(10)2;1-3(2)4;2*1-2/h7-8H,3-6H2,1-2H3;1-2H3;1-2H3;1-2H2. The molecule has 0 saturated carbocycles. The second-order valence-electron chi connectivity index (χ2n) is 4.60. The molecule has 0 spiro atoms. The van der Waals surface area contributed by atoms with Crippen molar-refractivity contribution in [3.63, 3.8) is 0 Å². The van der Waals surface area contributed by atoms with Gasteiger partial charge in [0.2, 0.25) is 0 Å². The summed E-state index contributed by atoms with van der Waals surface area (Å²) in [5, 5.41) is 0. The molecule has 1 aromatic rings. The number of carbonyl (C=O) groups excluding carboxylic acids is 1. The fourth-order valence-electron chi connectivity index (χ4n) is 2.28. The van der Waals surface area contributed by atoms with Crippen LogP contribution < -0.4 is 0 Å². The summed E-state index contributed by atoms with van der Waals surface area (Å²) in [4.78, 5) is 9.44. The normalized spacial score (nSPS) is 10.7. The van der Waals surface area contributed by atoms with E-state index in [1.807, 2.05) is 13.8 Å². The van der Waals surface area contributed by atoms with Crippen LogP contribution in [0.5, 0.6) is 0 Å². The Hall–Kier alpha value is -1.37. The lowest BCUT2D eigenvalue weighted by Crippen LogP contribution is -1.93. The molecule has 20 heavy (non-hydrogen) atoms. The minimum Gasteiger partial charge on any atom is -0.300 e. The fourth-order valence-corrected chi connectivity index (χ4v) is 2.28. The third-order valence-corrected chi connectivity index (χ3v) is 3.06. The van der Waals surface area contributed by atoms with E-state index in [0.29, 0.717) is 0 Å².